The van der Waals surface area contributed by atoms with Gasteiger partial charge in [-0.1, -0.05) is 12.1 Å². The Bertz CT molecular complexity index is 643. The average molecular weight is 274 g/mol. The Hall–Kier alpha value is -2.27. The van der Waals surface area contributed by atoms with Gasteiger partial charge < -0.3 is 10.5 Å². The molecule has 0 saturated carbocycles. The molecule has 104 valence electrons. The van der Waals surface area contributed by atoms with Gasteiger partial charge in [0.15, 0.2) is 11.6 Å². The molecule has 3 N–H and O–H groups in total. The number of benzene rings is 1. The van der Waals surface area contributed by atoms with Crippen LogP contribution in [0.2, 0.25) is 0 Å². The van der Waals surface area contributed by atoms with E-state index < -0.39 is 5.97 Å². The molecule has 1 aromatic carbocycles. The van der Waals surface area contributed by atoms with E-state index in [2.05, 4.69) is 5.73 Å². The molecular weight excluding hydrogens is 258 g/mol. The molecule has 20 heavy (non-hydrogen) atoms. The average Bonchev–Trinajstić information content (AvgIpc) is 2.40. The maximum absolute atomic E-state index is 12.5. The van der Waals surface area contributed by atoms with Crippen molar-refractivity contribution < 1.29 is 24.9 Å². The normalized spacial score (nSPS) is 14.3. The lowest BCUT2D eigenvalue weighted by atomic mass is 9.83. The number of rotatable bonds is 3. The highest BCUT2D eigenvalue weighted by atomic mass is 16.5. The zero-order valence-electron chi connectivity index (χ0n) is 11.5. The molecule has 0 amide bonds. The standard InChI is InChI=1S/C15H15NO4/c1-8-10(6-7-16)15(19)13-11(14(8)18)4-3-5-12(13)20-9(2)17/h3-5H,6-7,16H2,1-2H3/p+1. The van der Waals surface area contributed by atoms with Gasteiger partial charge in [0.2, 0.25) is 0 Å². The van der Waals surface area contributed by atoms with Crippen LogP contribution >= 0.6 is 0 Å². The van der Waals surface area contributed by atoms with Crippen LogP contribution in [0.4, 0.5) is 0 Å². The van der Waals surface area contributed by atoms with Crippen LogP contribution in [-0.2, 0) is 4.79 Å². The minimum atomic E-state index is -0.524. The Morgan fingerprint density at radius 2 is 1.95 bits per heavy atom. The number of carbonyl (C=O) groups is 3. The van der Waals surface area contributed by atoms with Crippen molar-refractivity contribution in [2.24, 2.45) is 0 Å². The lowest BCUT2D eigenvalue weighted by molar-refractivity contribution is -0.366. The van der Waals surface area contributed by atoms with E-state index >= 15 is 0 Å². The molecule has 0 unspecified atom stereocenters. The smallest absolute Gasteiger partial charge is 0.308 e. The molecular formula is C15H16NO4+. The third-order valence-corrected chi connectivity index (χ3v) is 3.25. The molecule has 0 atom stereocenters. The van der Waals surface area contributed by atoms with Crippen LogP contribution < -0.4 is 10.5 Å². The Labute approximate surface area is 116 Å². The van der Waals surface area contributed by atoms with Gasteiger partial charge >= 0.3 is 5.97 Å². The summed E-state index contributed by atoms with van der Waals surface area (Å²) in [6.07, 6.45) is 0.435. The van der Waals surface area contributed by atoms with Crippen molar-refractivity contribution in [2.75, 3.05) is 6.54 Å². The van der Waals surface area contributed by atoms with Gasteiger partial charge in [-0.25, -0.2) is 0 Å². The first kappa shape index (κ1) is 14.1. The van der Waals surface area contributed by atoms with Gasteiger partial charge in [0.25, 0.3) is 0 Å². The molecule has 5 heteroatoms. The van der Waals surface area contributed by atoms with E-state index in [9.17, 15) is 14.4 Å². The van der Waals surface area contributed by atoms with Crippen LogP contribution in [0, 0.1) is 0 Å². The Morgan fingerprint density at radius 1 is 1.25 bits per heavy atom. The summed E-state index contributed by atoms with van der Waals surface area (Å²) in [6, 6.07) is 4.70. The summed E-state index contributed by atoms with van der Waals surface area (Å²) >= 11 is 0. The number of esters is 1. The minimum absolute atomic E-state index is 0.141. The highest BCUT2D eigenvalue weighted by Gasteiger charge is 2.32. The SMILES string of the molecule is CC(=O)Oc1cccc2c1C(=O)C(CC[NH3+])=C(C)C2=O. The van der Waals surface area contributed by atoms with Gasteiger partial charge in [-0.15, -0.1) is 0 Å². The zero-order chi connectivity index (χ0) is 14.9. The number of Topliss-reactive ketones (excluding diaryl/α,β-unsaturated/α-hetero) is 2. The summed E-state index contributed by atoms with van der Waals surface area (Å²) in [6.45, 7) is 3.43. The van der Waals surface area contributed by atoms with Crippen LogP contribution in [0.5, 0.6) is 5.75 Å². The Morgan fingerprint density at radius 3 is 2.55 bits per heavy atom. The van der Waals surface area contributed by atoms with Crippen LogP contribution in [0.15, 0.2) is 29.3 Å². The highest BCUT2D eigenvalue weighted by Crippen LogP contribution is 2.33. The van der Waals surface area contributed by atoms with Crippen LogP contribution in [0.1, 0.15) is 41.0 Å². The summed E-state index contributed by atoms with van der Waals surface area (Å²) < 4.78 is 5.04. The second-order valence-corrected chi connectivity index (χ2v) is 4.64. The first-order valence-electron chi connectivity index (χ1n) is 6.37. The van der Waals surface area contributed by atoms with Crippen molar-refractivity contribution in [3.05, 3.63) is 40.5 Å². The molecule has 0 spiro atoms. The quantitative estimate of drug-likeness (QED) is 0.656. The number of hydrogen-bond acceptors (Lipinski definition) is 4. The lowest BCUT2D eigenvalue weighted by Gasteiger charge is -2.20. The molecule has 2 rings (SSSR count). The fraction of sp³-hybridized carbons (Fsp3) is 0.267. The summed E-state index contributed by atoms with van der Waals surface area (Å²) in [5.41, 5.74) is 5.10. The van der Waals surface area contributed by atoms with Crippen molar-refractivity contribution in [3.8, 4) is 5.75 Å². The summed E-state index contributed by atoms with van der Waals surface area (Å²) in [4.78, 5) is 36.0. The molecule has 0 bridgehead atoms. The van der Waals surface area contributed by atoms with Gasteiger partial charge in [-0.2, -0.15) is 0 Å². The minimum Gasteiger partial charge on any atom is -0.426 e. The number of ether oxygens (including phenoxy) is 1. The Kier molecular flexibility index (Phi) is 3.81. The number of allylic oxidation sites excluding steroid dienone is 1. The van der Waals surface area contributed by atoms with E-state index in [0.29, 0.717) is 29.7 Å². The van der Waals surface area contributed by atoms with E-state index in [1.165, 1.54) is 13.0 Å². The fourth-order valence-electron chi connectivity index (χ4n) is 2.33. The van der Waals surface area contributed by atoms with E-state index in [4.69, 9.17) is 4.74 Å². The maximum atomic E-state index is 12.5. The highest BCUT2D eigenvalue weighted by molar-refractivity contribution is 6.27. The maximum Gasteiger partial charge on any atom is 0.308 e. The van der Waals surface area contributed by atoms with Crippen molar-refractivity contribution >= 4 is 17.5 Å². The van der Waals surface area contributed by atoms with Gasteiger partial charge in [0.1, 0.15) is 5.75 Å². The van der Waals surface area contributed by atoms with Crippen LogP contribution in [-0.4, -0.2) is 24.1 Å². The van der Waals surface area contributed by atoms with Crippen LogP contribution in [0.3, 0.4) is 0 Å². The summed E-state index contributed by atoms with van der Waals surface area (Å²) in [5, 5.41) is 0. The monoisotopic (exact) mass is 274 g/mol. The molecule has 0 radical (unpaired) electrons. The number of fused-ring (bicyclic) bond motifs is 1. The number of quaternary nitrogens is 1. The number of carbonyl (C=O) groups excluding carboxylic acids is 3. The van der Waals surface area contributed by atoms with Crippen molar-refractivity contribution in [3.63, 3.8) is 0 Å². The van der Waals surface area contributed by atoms with Crippen molar-refractivity contribution in [1.82, 2.24) is 0 Å². The van der Waals surface area contributed by atoms with Gasteiger partial charge in [0.05, 0.1) is 12.1 Å². The molecule has 1 aromatic rings. The van der Waals surface area contributed by atoms with Crippen molar-refractivity contribution in [1.29, 1.82) is 0 Å². The fourth-order valence-corrected chi connectivity index (χ4v) is 2.33. The summed E-state index contributed by atoms with van der Waals surface area (Å²) in [5.74, 6) is -0.833. The van der Waals surface area contributed by atoms with Crippen molar-refractivity contribution in [2.45, 2.75) is 20.3 Å². The van der Waals surface area contributed by atoms with E-state index in [1.807, 2.05) is 0 Å². The molecule has 0 heterocycles. The third-order valence-electron chi connectivity index (χ3n) is 3.25. The Balaban J connectivity index is 2.61. The first-order chi connectivity index (χ1) is 9.47. The van der Waals surface area contributed by atoms with Gasteiger partial charge in [-0.3, -0.25) is 14.4 Å². The lowest BCUT2D eigenvalue weighted by Crippen LogP contribution is -2.50. The zero-order valence-corrected chi connectivity index (χ0v) is 11.5. The third kappa shape index (κ3) is 2.28. The number of ketones is 2. The second-order valence-electron chi connectivity index (χ2n) is 4.64. The molecule has 0 saturated heterocycles. The largest absolute Gasteiger partial charge is 0.426 e. The number of hydrogen-bond donors (Lipinski definition) is 1. The second kappa shape index (κ2) is 5.38. The van der Waals surface area contributed by atoms with Gasteiger partial charge in [0, 0.05) is 30.1 Å². The topological polar surface area (TPSA) is 88.1 Å². The molecule has 1 aliphatic rings. The molecule has 0 aliphatic heterocycles. The van der Waals surface area contributed by atoms with E-state index in [0.717, 1.165) is 0 Å². The van der Waals surface area contributed by atoms with Gasteiger partial charge in [-0.05, 0) is 13.0 Å². The van der Waals surface area contributed by atoms with E-state index in [-0.39, 0.29) is 22.9 Å². The molecule has 1 aliphatic carbocycles. The predicted octanol–water partition coefficient (Wildman–Crippen LogP) is 0.939. The summed E-state index contributed by atoms with van der Waals surface area (Å²) in [7, 11) is 0. The molecule has 5 nitrogen and oxygen atoms in total. The van der Waals surface area contributed by atoms with Crippen LogP contribution in [0.25, 0.3) is 0 Å². The molecule has 0 fully saturated rings. The first-order valence-corrected chi connectivity index (χ1v) is 6.37. The van der Waals surface area contributed by atoms with E-state index in [1.54, 1.807) is 19.1 Å². The predicted molar refractivity (Wildman–Crippen MR) is 71.5 cm³/mol. The molecule has 0 aromatic heterocycles.